The summed E-state index contributed by atoms with van der Waals surface area (Å²) in [6.45, 7) is 6.94. The van der Waals surface area contributed by atoms with Crippen LogP contribution in [0.1, 0.15) is 60.8 Å². The first-order valence-electron chi connectivity index (χ1n) is 12.4. The second-order valence-electron chi connectivity index (χ2n) is 9.14. The summed E-state index contributed by atoms with van der Waals surface area (Å²) in [5.74, 6) is 1.13. The van der Waals surface area contributed by atoms with Crippen LogP contribution in [0.4, 0.5) is 5.69 Å². The van der Waals surface area contributed by atoms with Gasteiger partial charge in [-0.3, -0.25) is 9.30 Å². The van der Waals surface area contributed by atoms with Crippen LogP contribution in [0.15, 0.2) is 70.6 Å². The summed E-state index contributed by atoms with van der Waals surface area (Å²) in [5, 5.41) is 0. The molecule has 2 aliphatic rings. The maximum Gasteiger partial charge on any atom is 2.00 e. The topological polar surface area (TPSA) is 59.0 Å². The molecule has 0 N–H and O–H groups in total. The zero-order valence-corrected chi connectivity index (χ0v) is 27.0. The van der Waals surface area contributed by atoms with Crippen LogP contribution in [0.25, 0.3) is 0 Å². The minimum Gasteiger partial charge on any atom is -0.523 e. The van der Waals surface area contributed by atoms with Gasteiger partial charge in [0.2, 0.25) is 0 Å². The smallest absolute Gasteiger partial charge is 0.523 e. The van der Waals surface area contributed by atoms with Crippen LogP contribution in [0.3, 0.4) is 0 Å². The number of aliphatic imine (C=N–C) groups is 1. The van der Waals surface area contributed by atoms with E-state index in [2.05, 4.69) is 19.1 Å². The minimum atomic E-state index is -3.64. The van der Waals surface area contributed by atoms with Gasteiger partial charge in [-0.25, -0.2) is 8.42 Å². The minimum absolute atomic E-state index is 0. The molecule has 0 bridgehead atoms. The number of aryl methyl sites for hydroxylation is 1. The molecule has 0 aromatic heterocycles. The molecular weight excluding hydrogens is 706 g/mol. The normalized spacial score (nSPS) is 18.1. The Hall–Kier alpha value is -2.07. The number of hydrogen-bond acceptors (Lipinski definition) is 4. The fourth-order valence-electron chi connectivity index (χ4n) is 5.04. The number of anilines is 1. The van der Waals surface area contributed by atoms with Crippen LogP contribution in [0.2, 0.25) is 0 Å². The van der Waals surface area contributed by atoms with E-state index >= 15 is 0 Å². The first-order valence-corrected chi connectivity index (χ1v) is 13.9. The Labute approximate surface area is 245 Å². The molecule has 1 aliphatic heterocycles. The molecule has 1 heterocycles. The third-order valence-corrected chi connectivity index (χ3v) is 8.84. The van der Waals surface area contributed by atoms with Gasteiger partial charge in [0.25, 0.3) is 10.0 Å². The monoisotopic (exact) mass is 740 g/mol. The van der Waals surface area contributed by atoms with Crippen molar-refractivity contribution in [2.45, 2.75) is 56.4 Å². The Morgan fingerprint density at radius 3 is 2.32 bits per heavy atom. The first kappa shape index (κ1) is 29.5. The molecule has 0 radical (unpaired) electrons. The average Bonchev–Trinajstić information content (AvgIpc) is 2.93. The van der Waals surface area contributed by atoms with Crippen LogP contribution < -0.4 is 9.04 Å². The molecule has 1 saturated carbocycles. The van der Waals surface area contributed by atoms with Crippen molar-refractivity contribution in [3.63, 3.8) is 0 Å². The molecule has 1 aliphatic carbocycles. The van der Waals surface area contributed by atoms with Gasteiger partial charge in [0.05, 0.1) is 17.7 Å². The van der Waals surface area contributed by atoms with E-state index in [0.29, 0.717) is 17.4 Å². The molecule has 3 aromatic carbocycles. The number of ether oxygens (including phenoxy) is 1. The van der Waals surface area contributed by atoms with Gasteiger partial charge in [0.15, 0.2) is 0 Å². The largest absolute Gasteiger partial charge is 2.00 e. The van der Waals surface area contributed by atoms with Crippen molar-refractivity contribution < 1.29 is 44.3 Å². The summed E-state index contributed by atoms with van der Waals surface area (Å²) in [7, 11) is -0.396. The van der Waals surface area contributed by atoms with Crippen molar-refractivity contribution in [1.29, 1.82) is 0 Å². The van der Waals surface area contributed by atoms with Crippen LogP contribution in [0, 0.1) is 51.0 Å². The van der Waals surface area contributed by atoms with Gasteiger partial charge in [-0.15, -0.1) is 23.3 Å². The van der Waals surface area contributed by atoms with E-state index in [4.69, 9.17) is 9.73 Å². The van der Waals surface area contributed by atoms with Gasteiger partial charge in [0.1, 0.15) is 0 Å². The predicted molar refractivity (Wildman–Crippen MR) is 147 cm³/mol. The van der Waals surface area contributed by atoms with E-state index in [0.717, 1.165) is 35.2 Å². The predicted octanol–water partition coefficient (Wildman–Crippen LogP) is 6.35. The summed E-state index contributed by atoms with van der Waals surface area (Å²) >= 11 is 0. The second-order valence-corrected chi connectivity index (χ2v) is 11.1. The third kappa shape index (κ3) is 6.00. The molecule has 5 rings (SSSR count). The maximum atomic E-state index is 13.1. The Morgan fingerprint density at radius 2 is 1.68 bits per heavy atom. The van der Waals surface area contributed by atoms with Gasteiger partial charge >= 0.3 is 31.1 Å². The van der Waals surface area contributed by atoms with Gasteiger partial charge in [-0.2, -0.15) is 13.0 Å². The molecule has 5 nitrogen and oxygen atoms in total. The number of benzene rings is 3. The zero-order valence-electron chi connectivity index (χ0n) is 22.0. The van der Waals surface area contributed by atoms with Crippen molar-refractivity contribution in [3.05, 3.63) is 95.9 Å². The number of hydrogen-bond donors (Lipinski definition) is 0. The van der Waals surface area contributed by atoms with E-state index in [1.165, 1.54) is 22.7 Å². The van der Waals surface area contributed by atoms with Gasteiger partial charge in [-0.1, -0.05) is 49.1 Å². The number of methoxy groups -OCH3 is 1. The van der Waals surface area contributed by atoms with E-state index in [1.807, 2.05) is 49.4 Å². The SMILES string of the molecule is COc1[c-]cc2c(c1)C(c1ccc(N(C)S(=O)(=O)c3ccc(C)cc3)cc1)=NC1CCCCC21.[CH2-]C.[U+2]. The summed E-state index contributed by atoms with van der Waals surface area (Å²) in [5.41, 5.74) is 5.93. The summed E-state index contributed by atoms with van der Waals surface area (Å²) < 4.78 is 33.0. The van der Waals surface area contributed by atoms with Gasteiger partial charge in [0, 0.05) is 24.6 Å². The average molecular weight is 741 g/mol. The molecular formula is C30H34N2O3SU. The molecule has 2 atom stereocenters. The molecule has 37 heavy (non-hydrogen) atoms. The maximum absolute atomic E-state index is 13.1. The summed E-state index contributed by atoms with van der Waals surface area (Å²) in [4.78, 5) is 5.46. The van der Waals surface area contributed by atoms with Crippen molar-refractivity contribution in [1.82, 2.24) is 0 Å². The van der Waals surface area contributed by atoms with Crippen molar-refractivity contribution in [2.24, 2.45) is 4.99 Å². The van der Waals surface area contributed by atoms with Crippen LogP contribution in [-0.2, 0) is 10.0 Å². The van der Waals surface area contributed by atoms with Crippen LogP contribution in [-0.4, -0.2) is 34.3 Å². The molecule has 3 aromatic rings. The zero-order chi connectivity index (χ0) is 25.9. The molecule has 1 fully saturated rings. The van der Waals surface area contributed by atoms with Crippen molar-refractivity contribution in [2.75, 3.05) is 18.5 Å². The van der Waals surface area contributed by atoms with Crippen molar-refractivity contribution >= 4 is 21.4 Å². The molecule has 192 valence electrons. The van der Waals surface area contributed by atoms with Crippen molar-refractivity contribution in [3.8, 4) is 5.75 Å². The van der Waals surface area contributed by atoms with E-state index in [1.54, 1.807) is 33.2 Å². The third-order valence-electron chi connectivity index (χ3n) is 7.04. The van der Waals surface area contributed by atoms with Crippen LogP contribution in [0.5, 0.6) is 5.75 Å². The number of fused-ring (bicyclic) bond motifs is 3. The Kier molecular flexibility index (Phi) is 10.1. The number of nitrogens with zero attached hydrogens (tertiary/aromatic N) is 2. The quantitative estimate of drug-likeness (QED) is 0.287. The van der Waals surface area contributed by atoms with Crippen LogP contribution >= 0.6 is 0 Å². The molecule has 7 heteroatoms. The second kappa shape index (κ2) is 12.7. The molecule has 2 unspecified atom stereocenters. The Bertz CT molecular complexity index is 1340. The summed E-state index contributed by atoms with van der Waals surface area (Å²) in [6, 6.07) is 22.2. The first-order chi connectivity index (χ1) is 17.4. The van der Waals surface area contributed by atoms with Gasteiger partial charge in [-0.05, 0) is 49.1 Å². The fourth-order valence-corrected chi connectivity index (χ4v) is 6.24. The Balaban J connectivity index is 0.00000124. The molecule has 0 spiro atoms. The van der Waals surface area contributed by atoms with E-state index < -0.39 is 10.0 Å². The number of sulfonamides is 1. The van der Waals surface area contributed by atoms with Gasteiger partial charge < -0.3 is 11.7 Å². The molecule has 0 amide bonds. The fraction of sp³-hybridized carbons (Fsp3) is 0.333. The van der Waals surface area contributed by atoms with E-state index in [-0.39, 0.29) is 42.1 Å². The van der Waals surface area contributed by atoms with E-state index in [9.17, 15) is 8.42 Å². The standard InChI is InChI=1S/C28H29N2O3S.C2H5.U/c1-19-8-15-23(16-9-19)34(31,32)30(2)21-12-10-20(11-13-21)28-26-18-22(33-3)14-17-24(26)25-6-4-5-7-27(25)29-28;1-2;/h8-13,15-18,25,27H,4-7H2,1-3H3;1H2,2H3;/q2*-1;+2. The molecule has 0 saturated heterocycles. The summed E-state index contributed by atoms with van der Waals surface area (Å²) in [6.07, 6.45) is 4.67. The number of rotatable bonds is 5. The Morgan fingerprint density at radius 1 is 1.03 bits per heavy atom.